The Morgan fingerprint density at radius 1 is 1.00 bits per heavy atom. The fraction of sp³-hybridized carbons (Fsp3) is 0.174. The van der Waals surface area contributed by atoms with Crippen molar-refractivity contribution in [1.82, 2.24) is 4.98 Å². The van der Waals surface area contributed by atoms with Gasteiger partial charge in [0, 0.05) is 16.7 Å². The number of aryl methyl sites for hydroxylation is 1. The molecule has 0 amide bonds. The van der Waals surface area contributed by atoms with Crippen LogP contribution in [-0.2, 0) is 11.3 Å². The molecule has 0 unspecified atom stereocenters. The summed E-state index contributed by atoms with van der Waals surface area (Å²) in [6.07, 6.45) is 0. The van der Waals surface area contributed by atoms with E-state index in [0.29, 0.717) is 28.1 Å². The second kappa shape index (κ2) is 8.48. The molecule has 1 aromatic heterocycles. The minimum atomic E-state index is -0.472. The summed E-state index contributed by atoms with van der Waals surface area (Å²) >= 11 is 0. The fourth-order valence-corrected chi connectivity index (χ4v) is 2.88. The zero-order valence-corrected chi connectivity index (χ0v) is 16.1. The molecule has 3 aromatic rings. The number of ketones is 1. The van der Waals surface area contributed by atoms with E-state index in [0.717, 1.165) is 11.3 Å². The van der Waals surface area contributed by atoms with E-state index >= 15 is 0 Å². The highest BCUT2D eigenvalue weighted by Gasteiger charge is 2.15. The highest BCUT2D eigenvalue weighted by molar-refractivity contribution is 5.94. The highest BCUT2D eigenvalue weighted by Crippen LogP contribution is 2.23. The third-order valence-corrected chi connectivity index (χ3v) is 4.42. The molecule has 0 saturated heterocycles. The zero-order chi connectivity index (χ0) is 20.1. The van der Waals surface area contributed by atoms with E-state index in [-0.39, 0.29) is 12.4 Å². The number of pyridine rings is 1. The summed E-state index contributed by atoms with van der Waals surface area (Å²) in [5.41, 5.74) is 3.95. The lowest BCUT2D eigenvalue weighted by molar-refractivity contribution is 0.0469. The summed E-state index contributed by atoms with van der Waals surface area (Å²) in [5.74, 6) is 0.0266. The molecule has 0 aliphatic rings. The Morgan fingerprint density at radius 3 is 2.39 bits per heavy atom. The summed E-state index contributed by atoms with van der Waals surface area (Å²) in [4.78, 5) is 28.6. The Kier molecular flexibility index (Phi) is 5.84. The SMILES string of the molecule is COc1ccc(C(C)=O)cc1COC(=O)c1ccc(-c2ccccc2)nc1C. The zero-order valence-electron chi connectivity index (χ0n) is 16.1. The minimum Gasteiger partial charge on any atom is -0.496 e. The van der Waals surface area contributed by atoms with Crippen molar-refractivity contribution in [3.63, 3.8) is 0 Å². The number of rotatable bonds is 6. The normalized spacial score (nSPS) is 10.4. The molecule has 2 aromatic carbocycles. The first-order valence-electron chi connectivity index (χ1n) is 8.87. The summed E-state index contributed by atoms with van der Waals surface area (Å²) in [6.45, 7) is 3.27. The van der Waals surface area contributed by atoms with Gasteiger partial charge < -0.3 is 9.47 Å². The summed E-state index contributed by atoms with van der Waals surface area (Å²) in [5, 5.41) is 0. The van der Waals surface area contributed by atoms with Crippen LogP contribution in [0.2, 0.25) is 0 Å². The van der Waals surface area contributed by atoms with Crippen molar-refractivity contribution in [2.75, 3.05) is 7.11 Å². The molecule has 0 aliphatic carbocycles. The van der Waals surface area contributed by atoms with Crippen LogP contribution in [-0.4, -0.2) is 23.8 Å². The molecule has 0 aliphatic heterocycles. The summed E-state index contributed by atoms with van der Waals surface area (Å²) < 4.78 is 10.7. The number of hydrogen-bond donors (Lipinski definition) is 0. The van der Waals surface area contributed by atoms with Crippen LogP contribution in [0, 0.1) is 6.92 Å². The average Bonchev–Trinajstić information content (AvgIpc) is 2.72. The van der Waals surface area contributed by atoms with E-state index in [9.17, 15) is 9.59 Å². The van der Waals surface area contributed by atoms with Crippen LogP contribution < -0.4 is 4.74 Å². The Labute approximate surface area is 164 Å². The van der Waals surface area contributed by atoms with Gasteiger partial charge in [0.2, 0.25) is 0 Å². The second-order valence-corrected chi connectivity index (χ2v) is 6.35. The molecule has 28 heavy (non-hydrogen) atoms. The van der Waals surface area contributed by atoms with Crippen molar-refractivity contribution in [3.05, 3.63) is 83.0 Å². The number of aromatic nitrogens is 1. The van der Waals surface area contributed by atoms with Gasteiger partial charge in [0.05, 0.1) is 24.1 Å². The van der Waals surface area contributed by atoms with Crippen LogP contribution in [0.1, 0.15) is 38.9 Å². The quantitative estimate of drug-likeness (QED) is 0.464. The van der Waals surface area contributed by atoms with Gasteiger partial charge in [0.1, 0.15) is 12.4 Å². The number of benzene rings is 2. The van der Waals surface area contributed by atoms with Crippen molar-refractivity contribution in [1.29, 1.82) is 0 Å². The first-order valence-corrected chi connectivity index (χ1v) is 8.87. The number of carbonyl (C=O) groups is 2. The molecule has 0 spiro atoms. The number of carbonyl (C=O) groups excluding carboxylic acids is 2. The molecular formula is C23H21NO4. The number of hydrogen-bond acceptors (Lipinski definition) is 5. The molecular weight excluding hydrogens is 354 g/mol. The van der Waals surface area contributed by atoms with E-state index in [2.05, 4.69) is 4.98 Å². The van der Waals surface area contributed by atoms with E-state index in [1.165, 1.54) is 14.0 Å². The van der Waals surface area contributed by atoms with Gasteiger partial charge in [-0.3, -0.25) is 9.78 Å². The highest BCUT2D eigenvalue weighted by atomic mass is 16.5. The molecule has 3 rings (SSSR count). The first-order chi connectivity index (χ1) is 13.5. The maximum Gasteiger partial charge on any atom is 0.340 e. The smallest absolute Gasteiger partial charge is 0.340 e. The number of nitrogens with zero attached hydrogens (tertiary/aromatic N) is 1. The van der Waals surface area contributed by atoms with Gasteiger partial charge in [-0.25, -0.2) is 4.79 Å². The van der Waals surface area contributed by atoms with Crippen molar-refractivity contribution in [2.45, 2.75) is 20.5 Å². The molecule has 0 N–H and O–H groups in total. The largest absolute Gasteiger partial charge is 0.496 e. The van der Waals surface area contributed by atoms with E-state index in [1.54, 1.807) is 37.3 Å². The summed E-state index contributed by atoms with van der Waals surface area (Å²) in [7, 11) is 1.53. The van der Waals surface area contributed by atoms with Crippen LogP contribution in [0.4, 0.5) is 0 Å². The molecule has 0 saturated carbocycles. The molecule has 1 heterocycles. The lowest BCUT2D eigenvalue weighted by Crippen LogP contribution is -2.09. The molecule has 0 bridgehead atoms. The number of Topliss-reactive ketones (excluding diaryl/α,β-unsaturated/α-hetero) is 1. The standard InChI is InChI=1S/C23H21NO4/c1-15-20(10-11-21(24-15)17-7-5-4-6-8-17)23(26)28-14-19-13-18(16(2)25)9-12-22(19)27-3/h4-13H,14H2,1-3H3. The third kappa shape index (κ3) is 4.26. The second-order valence-electron chi connectivity index (χ2n) is 6.35. The van der Waals surface area contributed by atoms with Crippen molar-refractivity contribution < 1.29 is 19.1 Å². The van der Waals surface area contributed by atoms with Gasteiger partial charge in [-0.1, -0.05) is 30.3 Å². The lowest BCUT2D eigenvalue weighted by Gasteiger charge is -2.12. The Hall–Kier alpha value is -3.47. The van der Waals surface area contributed by atoms with Crippen LogP contribution in [0.25, 0.3) is 11.3 Å². The van der Waals surface area contributed by atoms with E-state index in [1.807, 2.05) is 30.3 Å². The van der Waals surface area contributed by atoms with E-state index in [4.69, 9.17) is 9.47 Å². The third-order valence-electron chi connectivity index (χ3n) is 4.42. The average molecular weight is 375 g/mol. The Morgan fingerprint density at radius 2 is 1.75 bits per heavy atom. The first kappa shape index (κ1) is 19.3. The number of esters is 1. The van der Waals surface area contributed by atoms with Crippen molar-refractivity contribution in [2.24, 2.45) is 0 Å². The number of methoxy groups -OCH3 is 1. The minimum absolute atomic E-state index is 0.00298. The Bertz CT molecular complexity index is 1010. The molecule has 0 fully saturated rings. The van der Waals surface area contributed by atoms with Crippen LogP contribution >= 0.6 is 0 Å². The molecule has 5 nitrogen and oxygen atoms in total. The Balaban J connectivity index is 1.77. The molecule has 0 radical (unpaired) electrons. The van der Waals surface area contributed by atoms with Gasteiger partial charge in [0.25, 0.3) is 0 Å². The number of ether oxygens (including phenoxy) is 2. The van der Waals surface area contributed by atoms with Crippen molar-refractivity contribution >= 4 is 11.8 Å². The predicted octanol–water partition coefficient (Wildman–Crippen LogP) is 4.63. The fourth-order valence-electron chi connectivity index (χ4n) is 2.88. The monoisotopic (exact) mass is 375 g/mol. The molecule has 0 atom stereocenters. The van der Waals surface area contributed by atoms with Crippen LogP contribution in [0.3, 0.4) is 0 Å². The van der Waals surface area contributed by atoms with Gasteiger partial charge in [-0.05, 0) is 44.2 Å². The van der Waals surface area contributed by atoms with Gasteiger partial charge in [-0.15, -0.1) is 0 Å². The lowest BCUT2D eigenvalue weighted by atomic mass is 10.1. The van der Waals surface area contributed by atoms with Gasteiger partial charge >= 0.3 is 5.97 Å². The van der Waals surface area contributed by atoms with Gasteiger partial charge in [0.15, 0.2) is 5.78 Å². The van der Waals surface area contributed by atoms with Crippen molar-refractivity contribution in [3.8, 4) is 17.0 Å². The van der Waals surface area contributed by atoms with E-state index < -0.39 is 5.97 Å². The predicted molar refractivity (Wildman–Crippen MR) is 107 cm³/mol. The topological polar surface area (TPSA) is 65.5 Å². The van der Waals surface area contributed by atoms with Crippen LogP contribution in [0.5, 0.6) is 5.75 Å². The van der Waals surface area contributed by atoms with Crippen LogP contribution in [0.15, 0.2) is 60.7 Å². The van der Waals surface area contributed by atoms with Gasteiger partial charge in [-0.2, -0.15) is 0 Å². The summed E-state index contributed by atoms with van der Waals surface area (Å²) in [6, 6.07) is 18.3. The maximum absolute atomic E-state index is 12.5. The molecule has 142 valence electrons. The maximum atomic E-state index is 12.5. The molecule has 5 heteroatoms.